The Hall–Kier alpha value is 0.0600. The molecule has 1 N–H and O–H groups in total. The van der Waals surface area contributed by atoms with Gasteiger partial charge in [-0.1, -0.05) is 0 Å². The molecule has 0 spiro atoms. The molecule has 0 aromatic rings. The van der Waals surface area contributed by atoms with Crippen LogP contribution in [0.2, 0.25) is 0 Å². The zero-order valence-corrected chi connectivity index (χ0v) is 3.64. The van der Waals surface area contributed by atoms with Crippen LogP contribution in [0.5, 0.6) is 0 Å². The van der Waals surface area contributed by atoms with E-state index in [-0.39, 0.29) is 8.81 Å². The number of aldehydes is 1. The van der Waals surface area contributed by atoms with E-state index in [0.717, 1.165) is 0 Å². The third-order valence-electron chi connectivity index (χ3n) is 0.175. The van der Waals surface area contributed by atoms with E-state index in [1.165, 1.54) is 0 Å². The van der Waals surface area contributed by atoms with E-state index in [1.54, 1.807) is 0 Å². The topological polar surface area (TPSA) is 37.3 Å². The fourth-order valence-corrected chi connectivity index (χ4v) is 0.112. The molecule has 0 heterocycles. The molecular formula is C2H5O2P. The van der Waals surface area contributed by atoms with Crippen molar-refractivity contribution >= 4 is 15.1 Å². The van der Waals surface area contributed by atoms with Crippen LogP contribution in [0.4, 0.5) is 0 Å². The summed E-state index contributed by atoms with van der Waals surface area (Å²) in [5.74, 6) is 0. The first-order valence-corrected chi connectivity index (χ1v) is 2.38. The molecule has 3 heteroatoms. The molecule has 1 unspecified atom stereocenters. The van der Waals surface area contributed by atoms with Crippen LogP contribution in [0.25, 0.3) is 0 Å². The molecule has 0 amide bonds. The normalized spacial score (nSPS) is 9.80. The molecule has 0 radical (unpaired) electrons. The van der Waals surface area contributed by atoms with Crippen LogP contribution >= 0.6 is 8.81 Å². The lowest BCUT2D eigenvalue weighted by molar-refractivity contribution is -0.105. The Labute approximate surface area is 32.1 Å². The summed E-state index contributed by atoms with van der Waals surface area (Å²) < 4.78 is 0. The van der Waals surface area contributed by atoms with Gasteiger partial charge in [-0.05, 0) is 0 Å². The Morgan fingerprint density at radius 1 is 2.00 bits per heavy atom. The molecule has 0 fully saturated rings. The van der Waals surface area contributed by atoms with E-state index in [2.05, 4.69) is 0 Å². The van der Waals surface area contributed by atoms with Crippen LogP contribution in [-0.4, -0.2) is 17.3 Å². The molecule has 0 aromatic heterocycles. The lowest BCUT2D eigenvalue weighted by atomic mass is 10.9. The van der Waals surface area contributed by atoms with E-state index in [4.69, 9.17) is 4.89 Å². The molecule has 0 rings (SSSR count). The van der Waals surface area contributed by atoms with Crippen molar-refractivity contribution in [1.82, 2.24) is 0 Å². The summed E-state index contributed by atoms with van der Waals surface area (Å²) in [6, 6.07) is 0. The standard InChI is InChI=1S/C2H5O2P/c3-1-2-5-4/h1,4-5H,2H2. The first kappa shape index (κ1) is 5.06. The van der Waals surface area contributed by atoms with Gasteiger partial charge in [-0.15, -0.1) is 0 Å². The minimum Gasteiger partial charge on any atom is -0.377 e. The summed E-state index contributed by atoms with van der Waals surface area (Å²) in [5.41, 5.74) is 0. The zero-order valence-electron chi connectivity index (χ0n) is 2.64. The lowest BCUT2D eigenvalue weighted by Crippen LogP contribution is -1.68. The number of rotatable bonds is 2. The van der Waals surface area contributed by atoms with E-state index in [9.17, 15) is 4.79 Å². The van der Waals surface area contributed by atoms with Crippen molar-refractivity contribution < 1.29 is 9.69 Å². The number of carbonyl (C=O) groups is 1. The van der Waals surface area contributed by atoms with Crippen molar-refractivity contribution in [3.8, 4) is 0 Å². The molecule has 0 bridgehead atoms. The maximum atomic E-state index is 9.25. The number of hydrogen-bond donors (Lipinski definition) is 1. The van der Waals surface area contributed by atoms with Crippen molar-refractivity contribution in [2.75, 3.05) is 6.16 Å². The summed E-state index contributed by atoms with van der Waals surface area (Å²) in [4.78, 5) is 17.1. The quantitative estimate of drug-likeness (QED) is 0.377. The van der Waals surface area contributed by atoms with Gasteiger partial charge >= 0.3 is 0 Å². The minimum atomic E-state index is -0.210. The van der Waals surface area contributed by atoms with Gasteiger partial charge in [-0.25, -0.2) is 0 Å². The predicted molar refractivity (Wildman–Crippen MR) is 21.5 cm³/mol. The summed E-state index contributed by atoms with van der Waals surface area (Å²) >= 11 is 0. The molecule has 0 saturated heterocycles. The Morgan fingerprint density at radius 3 is 2.60 bits per heavy atom. The molecule has 0 aromatic carbocycles. The van der Waals surface area contributed by atoms with E-state index < -0.39 is 0 Å². The summed E-state index contributed by atoms with van der Waals surface area (Å²) in [7, 11) is -0.210. The zero-order chi connectivity index (χ0) is 4.12. The number of hydrogen-bond acceptors (Lipinski definition) is 2. The number of carbonyl (C=O) groups excluding carboxylic acids is 1. The average molecular weight is 92.0 g/mol. The van der Waals surface area contributed by atoms with Gasteiger partial charge in [-0.3, -0.25) is 0 Å². The summed E-state index contributed by atoms with van der Waals surface area (Å²) in [6.45, 7) is 0. The maximum absolute atomic E-state index is 9.25. The second-order valence-corrected chi connectivity index (χ2v) is 1.25. The van der Waals surface area contributed by atoms with Gasteiger partial charge in [-0.2, -0.15) is 0 Å². The van der Waals surface area contributed by atoms with Gasteiger partial charge in [0.05, 0.1) is 0 Å². The van der Waals surface area contributed by atoms with Crippen LogP contribution < -0.4 is 0 Å². The van der Waals surface area contributed by atoms with Gasteiger partial charge in [0, 0.05) is 15.0 Å². The Morgan fingerprint density at radius 2 is 2.60 bits per heavy atom. The molecular weight excluding hydrogens is 87.0 g/mol. The van der Waals surface area contributed by atoms with Gasteiger partial charge in [0.2, 0.25) is 0 Å². The smallest absolute Gasteiger partial charge is 0.126 e. The van der Waals surface area contributed by atoms with Crippen molar-refractivity contribution in [3.63, 3.8) is 0 Å². The predicted octanol–water partition coefficient (Wildman–Crippen LogP) is -0.229. The maximum Gasteiger partial charge on any atom is 0.126 e. The second-order valence-electron chi connectivity index (χ2n) is 0.529. The van der Waals surface area contributed by atoms with Crippen LogP contribution in [0.3, 0.4) is 0 Å². The molecule has 0 saturated carbocycles. The van der Waals surface area contributed by atoms with Gasteiger partial charge in [0.15, 0.2) is 0 Å². The van der Waals surface area contributed by atoms with Crippen molar-refractivity contribution in [2.24, 2.45) is 0 Å². The minimum absolute atomic E-state index is 0.210. The fraction of sp³-hybridized carbons (Fsp3) is 0.500. The second kappa shape index (κ2) is 4.06. The average Bonchev–Trinajstić information content (AvgIpc) is 1.41. The summed E-state index contributed by atoms with van der Waals surface area (Å²) in [5, 5.41) is 0. The van der Waals surface area contributed by atoms with Crippen molar-refractivity contribution in [1.29, 1.82) is 0 Å². The van der Waals surface area contributed by atoms with Crippen molar-refractivity contribution in [2.45, 2.75) is 0 Å². The van der Waals surface area contributed by atoms with Crippen LogP contribution in [0, 0.1) is 0 Å². The third kappa shape index (κ3) is 4.06. The molecule has 1 atom stereocenters. The molecule has 2 nitrogen and oxygen atoms in total. The highest BCUT2D eigenvalue weighted by atomic mass is 31.1. The highest BCUT2D eigenvalue weighted by Crippen LogP contribution is 1.93. The first-order valence-electron chi connectivity index (χ1n) is 1.22. The highest BCUT2D eigenvalue weighted by Gasteiger charge is 1.68. The molecule has 0 aliphatic carbocycles. The first-order chi connectivity index (χ1) is 2.41. The van der Waals surface area contributed by atoms with E-state index in [1.807, 2.05) is 0 Å². The molecule has 5 heavy (non-hydrogen) atoms. The van der Waals surface area contributed by atoms with Crippen molar-refractivity contribution in [3.05, 3.63) is 0 Å². The van der Waals surface area contributed by atoms with Gasteiger partial charge < -0.3 is 9.69 Å². The summed E-state index contributed by atoms with van der Waals surface area (Å²) in [6.07, 6.45) is 0.985. The largest absolute Gasteiger partial charge is 0.377 e. The monoisotopic (exact) mass is 92.0 g/mol. The molecule has 0 aliphatic rings. The van der Waals surface area contributed by atoms with E-state index in [0.29, 0.717) is 12.4 Å². The Balaban J connectivity index is 2.40. The Kier molecular flexibility index (Phi) is 4.11. The SMILES string of the molecule is O=CCPO. The van der Waals surface area contributed by atoms with Gasteiger partial charge in [0.25, 0.3) is 0 Å². The van der Waals surface area contributed by atoms with Crippen LogP contribution in [-0.2, 0) is 4.79 Å². The third-order valence-corrected chi connectivity index (χ3v) is 0.524. The van der Waals surface area contributed by atoms with Crippen LogP contribution in [0.1, 0.15) is 0 Å². The fourth-order valence-electron chi connectivity index (χ4n) is 0.0373. The Bertz CT molecular complexity index is 28.8. The van der Waals surface area contributed by atoms with Gasteiger partial charge in [0.1, 0.15) is 6.29 Å². The lowest BCUT2D eigenvalue weighted by Gasteiger charge is -1.69. The molecule has 30 valence electrons. The highest BCUT2D eigenvalue weighted by molar-refractivity contribution is 7.32. The molecule has 0 aliphatic heterocycles. The van der Waals surface area contributed by atoms with Crippen LogP contribution in [0.15, 0.2) is 0 Å². The van der Waals surface area contributed by atoms with E-state index >= 15 is 0 Å².